The van der Waals surface area contributed by atoms with Gasteiger partial charge in [0.15, 0.2) is 6.29 Å². The molecule has 1 saturated heterocycles. The van der Waals surface area contributed by atoms with E-state index in [0.29, 0.717) is 38.7 Å². The molecular formula is C29H40O9. The van der Waals surface area contributed by atoms with E-state index in [1.807, 2.05) is 13.0 Å². The Bertz CT molecular complexity index is 1070. The molecule has 11 atom stereocenters. The predicted molar refractivity (Wildman–Crippen MR) is 134 cm³/mol. The van der Waals surface area contributed by atoms with E-state index in [9.17, 15) is 24.9 Å². The number of rotatable bonds is 4. The van der Waals surface area contributed by atoms with Gasteiger partial charge in [0, 0.05) is 19.6 Å². The van der Waals surface area contributed by atoms with Crippen LogP contribution in [0.25, 0.3) is 0 Å². The van der Waals surface area contributed by atoms with Crippen molar-refractivity contribution in [1.29, 1.82) is 0 Å². The van der Waals surface area contributed by atoms with Gasteiger partial charge in [-0.15, -0.1) is 0 Å². The largest absolute Gasteiger partial charge is 0.458 e. The first-order chi connectivity index (χ1) is 18.0. The number of carbonyl (C=O) groups is 2. The highest BCUT2D eigenvalue weighted by Gasteiger charge is 2.71. The molecule has 6 rings (SSSR count). The molecule has 6 aliphatic rings. The number of hydrogen-bond donors (Lipinski definition) is 3. The molecule has 0 aromatic heterocycles. The van der Waals surface area contributed by atoms with Crippen LogP contribution in [-0.2, 0) is 28.5 Å². The number of aliphatic hydroxyl groups excluding tert-OH is 2. The number of esters is 1. The number of carbonyl (C=O) groups excluding carboxylic acids is 2. The van der Waals surface area contributed by atoms with Crippen LogP contribution in [0.2, 0.25) is 0 Å². The highest BCUT2D eigenvalue weighted by Crippen LogP contribution is 2.68. The fraction of sp³-hybridized carbons (Fsp3) is 0.793. The van der Waals surface area contributed by atoms with E-state index >= 15 is 0 Å². The summed E-state index contributed by atoms with van der Waals surface area (Å²) >= 11 is 0. The summed E-state index contributed by atoms with van der Waals surface area (Å²) in [7, 11) is 1.55. The summed E-state index contributed by atoms with van der Waals surface area (Å²) in [6.45, 7) is 4.60. The molecule has 0 aromatic carbocycles. The third-order valence-corrected chi connectivity index (χ3v) is 11.2. The lowest BCUT2D eigenvalue weighted by molar-refractivity contribution is -0.267. The van der Waals surface area contributed by atoms with E-state index < -0.39 is 41.0 Å². The number of methoxy groups -OCH3 is 1. The van der Waals surface area contributed by atoms with Crippen molar-refractivity contribution in [2.75, 3.05) is 20.3 Å². The minimum absolute atomic E-state index is 0.0312. The average molecular weight is 533 g/mol. The first kappa shape index (κ1) is 26.6. The molecule has 9 nitrogen and oxygen atoms in total. The van der Waals surface area contributed by atoms with Crippen LogP contribution in [-0.4, -0.2) is 83.7 Å². The van der Waals surface area contributed by atoms with Crippen molar-refractivity contribution in [2.45, 2.75) is 95.1 Å². The molecule has 210 valence electrons. The molecule has 0 spiro atoms. The summed E-state index contributed by atoms with van der Waals surface area (Å²) in [5.74, 6) is -0.746. The minimum atomic E-state index is -1.17. The maximum Gasteiger partial charge on any atom is 0.331 e. The van der Waals surface area contributed by atoms with Crippen LogP contribution in [0.5, 0.6) is 0 Å². The standard InChI is InChI=1S/C29H40O9/c1-27-13-20(30)22(38-26-25(33)21(35-3)7-9-36-26)11-16(27)4-5-18-19(27)12-23(31)28(2)17(6-8-29(18,28)34)15-10-24(32)37-14-15/h10-11,17-22,25-26,30,33-34H,4-9,12-14H2,1-3H3/t17-,18-,19+,20?,21+,22-,25+,26+,27+,28+,29+/m1/s1. The lowest BCUT2D eigenvalue weighted by Crippen LogP contribution is -2.65. The number of aliphatic hydroxyl groups is 3. The van der Waals surface area contributed by atoms with Gasteiger partial charge in [-0.05, 0) is 74.2 Å². The summed E-state index contributed by atoms with van der Waals surface area (Å²) in [5.41, 5.74) is -0.642. The van der Waals surface area contributed by atoms with Gasteiger partial charge in [-0.25, -0.2) is 4.79 Å². The van der Waals surface area contributed by atoms with E-state index in [2.05, 4.69) is 6.92 Å². The number of cyclic esters (lactones) is 1. The van der Waals surface area contributed by atoms with Crippen LogP contribution in [0.3, 0.4) is 0 Å². The Morgan fingerprint density at radius 3 is 2.61 bits per heavy atom. The van der Waals surface area contributed by atoms with Gasteiger partial charge < -0.3 is 34.3 Å². The Hall–Kier alpha value is -1.62. The molecule has 38 heavy (non-hydrogen) atoms. The molecular weight excluding hydrogens is 492 g/mol. The molecule has 3 N–H and O–H groups in total. The summed E-state index contributed by atoms with van der Waals surface area (Å²) in [5, 5.41) is 34.1. The van der Waals surface area contributed by atoms with E-state index in [0.717, 1.165) is 24.0 Å². The highest BCUT2D eigenvalue weighted by molar-refractivity contribution is 5.90. The van der Waals surface area contributed by atoms with Gasteiger partial charge in [0.25, 0.3) is 0 Å². The van der Waals surface area contributed by atoms with Crippen LogP contribution >= 0.6 is 0 Å². The topological polar surface area (TPSA) is 132 Å². The quantitative estimate of drug-likeness (QED) is 0.366. The smallest absolute Gasteiger partial charge is 0.331 e. The zero-order chi connectivity index (χ0) is 27.0. The van der Waals surface area contributed by atoms with E-state index in [4.69, 9.17) is 18.9 Å². The lowest BCUT2D eigenvalue weighted by atomic mass is 9.44. The second-order valence-electron chi connectivity index (χ2n) is 12.7. The zero-order valence-electron chi connectivity index (χ0n) is 22.4. The summed E-state index contributed by atoms with van der Waals surface area (Å²) in [4.78, 5) is 25.7. The monoisotopic (exact) mass is 532 g/mol. The summed E-state index contributed by atoms with van der Waals surface area (Å²) < 4.78 is 22.2. The Morgan fingerprint density at radius 1 is 1.11 bits per heavy atom. The Kier molecular flexibility index (Phi) is 6.45. The van der Waals surface area contributed by atoms with Crippen molar-refractivity contribution in [2.24, 2.45) is 28.6 Å². The van der Waals surface area contributed by atoms with Crippen molar-refractivity contribution >= 4 is 11.8 Å². The fourth-order valence-corrected chi connectivity index (χ4v) is 9.02. The number of Topliss-reactive ketones (excluding diaryl/α,β-unsaturated/α-hetero) is 1. The van der Waals surface area contributed by atoms with Gasteiger partial charge in [0.2, 0.25) is 0 Å². The SMILES string of the molecule is CO[C@H]1CCO[C@@H](O[C@@H]2C=C3CC[C@@H]4[C@H](CC(=O)[C@]5(C)[C@@H](C6=CC(=O)OC6)CC[C@]45O)[C@@]3(C)CC2O)[C@H]1O. The number of hydrogen-bond acceptors (Lipinski definition) is 9. The van der Waals surface area contributed by atoms with Gasteiger partial charge in [0.1, 0.15) is 24.6 Å². The minimum Gasteiger partial charge on any atom is -0.458 e. The molecule has 1 unspecified atom stereocenters. The van der Waals surface area contributed by atoms with Crippen molar-refractivity contribution in [3.8, 4) is 0 Å². The van der Waals surface area contributed by atoms with E-state index in [1.165, 1.54) is 6.08 Å². The van der Waals surface area contributed by atoms with Crippen LogP contribution in [0.15, 0.2) is 23.3 Å². The van der Waals surface area contributed by atoms with Crippen LogP contribution in [0, 0.1) is 28.6 Å². The number of fused-ring (bicyclic) bond motifs is 5. The summed E-state index contributed by atoms with van der Waals surface area (Å²) in [6, 6.07) is 0. The number of ether oxygens (including phenoxy) is 4. The van der Waals surface area contributed by atoms with E-state index in [1.54, 1.807) is 7.11 Å². The van der Waals surface area contributed by atoms with Gasteiger partial charge in [-0.3, -0.25) is 4.79 Å². The van der Waals surface area contributed by atoms with Gasteiger partial charge >= 0.3 is 5.97 Å². The Balaban J connectivity index is 1.26. The first-order valence-electron chi connectivity index (χ1n) is 14.0. The third-order valence-electron chi connectivity index (χ3n) is 11.2. The molecule has 2 heterocycles. The molecule has 0 radical (unpaired) electrons. The molecule has 0 aromatic rings. The van der Waals surface area contributed by atoms with Crippen molar-refractivity contribution in [1.82, 2.24) is 0 Å². The van der Waals surface area contributed by atoms with Gasteiger partial charge in [0.05, 0.1) is 29.8 Å². The maximum atomic E-state index is 14.0. The maximum absolute atomic E-state index is 14.0. The zero-order valence-corrected chi connectivity index (χ0v) is 22.4. The molecule has 4 aliphatic carbocycles. The second kappa shape index (κ2) is 9.21. The lowest BCUT2D eigenvalue weighted by Gasteiger charge is -2.61. The normalized spacial score (nSPS) is 50.5. The fourth-order valence-electron chi connectivity index (χ4n) is 9.02. The molecule has 4 fully saturated rings. The van der Waals surface area contributed by atoms with Gasteiger partial charge in [-0.2, -0.15) is 0 Å². The molecule has 0 amide bonds. The van der Waals surface area contributed by atoms with E-state index in [-0.39, 0.29) is 42.2 Å². The molecule has 2 aliphatic heterocycles. The summed E-state index contributed by atoms with van der Waals surface area (Å²) in [6.07, 6.45) is 3.70. The predicted octanol–water partition coefficient (Wildman–Crippen LogP) is 1.82. The molecule has 0 bridgehead atoms. The van der Waals surface area contributed by atoms with Crippen LogP contribution in [0.1, 0.15) is 58.8 Å². The first-order valence-corrected chi connectivity index (χ1v) is 14.0. The number of ketones is 1. The third kappa shape index (κ3) is 3.65. The van der Waals surface area contributed by atoms with Crippen LogP contribution < -0.4 is 0 Å². The van der Waals surface area contributed by atoms with Gasteiger partial charge in [-0.1, -0.05) is 18.6 Å². The molecule has 3 saturated carbocycles. The van der Waals surface area contributed by atoms with Crippen molar-refractivity contribution < 1.29 is 43.9 Å². The number of allylic oxidation sites excluding steroid dienone is 1. The highest BCUT2D eigenvalue weighted by atomic mass is 16.7. The van der Waals surface area contributed by atoms with Crippen molar-refractivity contribution in [3.63, 3.8) is 0 Å². The van der Waals surface area contributed by atoms with Crippen molar-refractivity contribution in [3.05, 3.63) is 23.3 Å². The van der Waals surface area contributed by atoms with Crippen LogP contribution in [0.4, 0.5) is 0 Å². The second-order valence-corrected chi connectivity index (χ2v) is 12.7. The average Bonchev–Trinajstić information content (AvgIpc) is 3.42. The Morgan fingerprint density at radius 2 is 1.89 bits per heavy atom. The Labute approximate surface area is 223 Å². The molecule has 9 heteroatoms.